The van der Waals surface area contributed by atoms with Gasteiger partial charge in [-0.15, -0.1) is 0 Å². The number of aromatic nitrogens is 2. The second-order valence-corrected chi connectivity index (χ2v) is 7.45. The molecule has 0 unspecified atom stereocenters. The first-order chi connectivity index (χ1) is 12.8. The molecule has 2 aromatic rings. The Morgan fingerprint density at radius 1 is 1.30 bits per heavy atom. The first-order valence-electron chi connectivity index (χ1n) is 8.62. The van der Waals surface area contributed by atoms with Crippen molar-refractivity contribution in [1.29, 1.82) is 0 Å². The standard InChI is InChI=1S/C18H20Cl2F2N4O/c1-25-16(17(21)22)13(9-23-25)18(27)24-12-4-6-26(7-5-12)10-11-2-3-14(19)15(20)8-11/h2-3,8-9,12,17H,4-7,10H2,1H3,(H,24,27). The molecule has 1 fully saturated rings. The van der Waals surface area contributed by atoms with Gasteiger partial charge in [-0.2, -0.15) is 5.10 Å². The van der Waals surface area contributed by atoms with Crippen molar-refractivity contribution in [2.24, 2.45) is 7.05 Å². The van der Waals surface area contributed by atoms with Crippen LogP contribution in [-0.2, 0) is 13.6 Å². The van der Waals surface area contributed by atoms with Crippen LogP contribution in [0.15, 0.2) is 24.4 Å². The van der Waals surface area contributed by atoms with Crippen molar-refractivity contribution in [3.05, 3.63) is 51.3 Å². The van der Waals surface area contributed by atoms with Crippen molar-refractivity contribution >= 4 is 29.1 Å². The van der Waals surface area contributed by atoms with Crippen LogP contribution < -0.4 is 5.32 Å². The molecule has 9 heteroatoms. The lowest BCUT2D eigenvalue weighted by atomic mass is 10.0. The Hall–Kier alpha value is -1.70. The summed E-state index contributed by atoms with van der Waals surface area (Å²) in [5.74, 6) is -0.499. The van der Waals surface area contributed by atoms with Crippen molar-refractivity contribution in [3.63, 3.8) is 0 Å². The van der Waals surface area contributed by atoms with E-state index in [9.17, 15) is 13.6 Å². The van der Waals surface area contributed by atoms with Gasteiger partial charge in [0, 0.05) is 32.7 Å². The van der Waals surface area contributed by atoms with Gasteiger partial charge in [0.2, 0.25) is 0 Å². The molecule has 1 amide bonds. The molecule has 27 heavy (non-hydrogen) atoms. The Morgan fingerprint density at radius 3 is 2.63 bits per heavy atom. The number of carbonyl (C=O) groups excluding carboxylic acids is 1. The number of nitrogens with one attached hydrogen (secondary N) is 1. The van der Waals surface area contributed by atoms with Crippen LogP contribution in [0.2, 0.25) is 10.0 Å². The number of halogens is 4. The minimum atomic E-state index is -2.74. The second-order valence-electron chi connectivity index (χ2n) is 6.64. The number of carbonyl (C=O) groups is 1. The summed E-state index contributed by atoms with van der Waals surface area (Å²) >= 11 is 12.0. The van der Waals surface area contributed by atoms with Crippen molar-refractivity contribution in [2.45, 2.75) is 31.9 Å². The number of alkyl halides is 2. The fraction of sp³-hybridized carbons (Fsp3) is 0.444. The van der Waals surface area contributed by atoms with E-state index < -0.39 is 12.3 Å². The van der Waals surface area contributed by atoms with Gasteiger partial charge < -0.3 is 5.32 Å². The van der Waals surface area contributed by atoms with Crippen LogP contribution in [0.5, 0.6) is 0 Å². The van der Waals surface area contributed by atoms with Crippen LogP contribution in [0.4, 0.5) is 8.78 Å². The maximum atomic E-state index is 13.1. The normalized spacial score (nSPS) is 16.1. The highest BCUT2D eigenvalue weighted by molar-refractivity contribution is 6.42. The van der Waals surface area contributed by atoms with Gasteiger partial charge in [0.05, 0.1) is 21.8 Å². The summed E-state index contributed by atoms with van der Waals surface area (Å²) in [7, 11) is 1.40. The van der Waals surface area contributed by atoms with Crippen LogP contribution in [0.3, 0.4) is 0 Å². The fourth-order valence-electron chi connectivity index (χ4n) is 3.28. The summed E-state index contributed by atoms with van der Waals surface area (Å²) in [4.78, 5) is 14.6. The van der Waals surface area contributed by atoms with Crippen LogP contribution >= 0.6 is 23.2 Å². The zero-order valence-electron chi connectivity index (χ0n) is 14.8. The third kappa shape index (κ3) is 4.78. The number of piperidine rings is 1. The molecule has 3 rings (SSSR count). The number of hydrogen-bond donors (Lipinski definition) is 1. The highest BCUT2D eigenvalue weighted by Gasteiger charge is 2.26. The first-order valence-corrected chi connectivity index (χ1v) is 9.38. The van der Waals surface area contributed by atoms with Gasteiger partial charge in [-0.05, 0) is 30.5 Å². The lowest BCUT2D eigenvalue weighted by Gasteiger charge is -2.32. The van der Waals surface area contributed by atoms with Crippen LogP contribution in [0.1, 0.15) is 40.9 Å². The average Bonchev–Trinajstić information content (AvgIpc) is 3.02. The van der Waals surface area contributed by atoms with Crippen molar-refractivity contribution in [2.75, 3.05) is 13.1 Å². The Morgan fingerprint density at radius 2 is 2.00 bits per heavy atom. The number of hydrogen-bond acceptors (Lipinski definition) is 3. The van der Waals surface area contributed by atoms with Crippen LogP contribution in [0, 0.1) is 0 Å². The first kappa shape index (κ1) is 20.0. The summed E-state index contributed by atoms with van der Waals surface area (Å²) in [6.45, 7) is 2.33. The van der Waals surface area contributed by atoms with Crippen molar-refractivity contribution < 1.29 is 13.6 Å². The van der Waals surface area contributed by atoms with E-state index in [-0.39, 0.29) is 17.3 Å². The highest BCUT2D eigenvalue weighted by atomic mass is 35.5. The third-order valence-electron chi connectivity index (χ3n) is 4.75. The van der Waals surface area contributed by atoms with E-state index >= 15 is 0 Å². The van der Waals surface area contributed by atoms with Crippen molar-refractivity contribution in [1.82, 2.24) is 20.0 Å². The van der Waals surface area contributed by atoms with Gasteiger partial charge >= 0.3 is 0 Å². The number of aryl methyl sites for hydroxylation is 1. The number of amides is 1. The topological polar surface area (TPSA) is 50.2 Å². The molecule has 0 radical (unpaired) electrons. The monoisotopic (exact) mass is 416 g/mol. The van der Waals surface area contributed by atoms with Gasteiger partial charge in [0.1, 0.15) is 5.69 Å². The Bertz CT molecular complexity index is 820. The quantitative estimate of drug-likeness (QED) is 0.799. The largest absolute Gasteiger partial charge is 0.349 e. The molecule has 0 aliphatic carbocycles. The van der Waals surface area contributed by atoms with E-state index in [4.69, 9.17) is 23.2 Å². The molecule has 1 N–H and O–H groups in total. The highest BCUT2D eigenvalue weighted by Crippen LogP contribution is 2.25. The summed E-state index contributed by atoms with van der Waals surface area (Å²) in [5, 5.41) is 7.68. The number of benzene rings is 1. The minimum Gasteiger partial charge on any atom is -0.349 e. The van der Waals surface area contributed by atoms with Crippen molar-refractivity contribution in [3.8, 4) is 0 Å². The Labute approximate surface area is 166 Å². The van der Waals surface area contributed by atoms with E-state index in [1.54, 1.807) is 6.07 Å². The van der Waals surface area contributed by atoms with Gasteiger partial charge in [0.15, 0.2) is 0 Å². The lowest BCUT2D eigenvalue weighted by Crippen LogP contribution is -2.44. The molecular weight excluding hydrogens is 397 g/mol. The zero-order chi connectivity index (χ0) is 19.6. The molecule has 0 atom stereocenters. The lowest BCUT2D eigenvalue weighted by molar-refractivity contribution is 0.0893. The molecule has 1 aliphatic heterocycles. The molecule has 2 heterocycles. The summed E-state index contributed by atoms with van der Waals surface area (Å²) in [5.41, 5.74) is 0.652. The Balaban J connectivity index is 1.53. The Kier molecular flexibility index (Phi) is 6.34. The molecule has 0 spiro atoms. The van der Waals surface area contributed by atoms with Crippen LogP contribution in [-0.4, -0.2) is 39.7 Å². The predicted octanol–water partition coefficient (Wildman–Crippen LogP) is 4.06. The van der Waals surface area contributed by atoms with E-state index in [1.807, 2.05) is 12.1 Å². The van der Waals surface area contributed by atoms with Gasteiger partial charge in [-0.3, -0.25) is 14.4 Å². The molecule has 5 nitrogen and oxygen atoms in total. The number of likely N-dealkylation sites (tertiary alicyclic amines) is 1. The maximum absolute atomic E-state index is 13.1. The fourth-order valence-corrected chi connectivity index (χ4v) is 3.60. The van der Waals surface area contributed by atoms with Gasteiger partial charge in [0.25, 0.3) is 12.3 Å². The predicted molar refractivity (Wildman–Crippen MR) is 100 cm³/mol. The molecule has 0 saturated carbocycles. The number of rotatable bonds is 5. The molecular formula is C18H20Cl2F2N4O. The van der Waals surface area contributed by atoms with Gasteiger partial charge in [-0.1, -0.05) is 29.3 Å². The van der Waals surface area contributed by atoms with Gasteiger partial charge in [-0.25, -0.2) is 8.78 Å². The van der Waals surface area contributed by atoms with E-state index in [1.165, 1.54) is 13.2 Å². The molecule has 146 valence electrons. The molecule has 1 aliphatic rings. The molecule has 1 saturated heterocycles. The van der Waals surface area contributed by atoms with E-state index in [0.717, 1.165) is 42.7 Å². The smallest absolute Gasteiger partial charge is 0.280 e. The average molecular weight is 417 g/mol. The number of nitrogens with zero attached hydrogens (tertiary/aromatic N) is 3. The molecule has 0 bridgehead atoms. The molecule has 1 aromatic carbocycles. The second kappa shape index (κ2) is 8.54. The third-order valence-corrected chi connectivity index (χ3v) is 5.49. The summed E-state index contributed by atoms with van der Waals surface area (Å²) < 4.78 is 27.3. The maximum Gasteiger partial charge on any atom is 0.280 e. The minimum absolute atomic E-state index is 0.0479. The van der Waals surface area contributed by atoms with E-state index in [0.29, 0.717) is 10.0 Å². The molecule has 1 aromatic heterocycles. The van der Waals surface area contributed by atoms with Crippen LogP contribution in [0.25, 0.3) is 0 Å². The van der Waals surface area contributed by atoms with E-state index in [2.05, 4.69) is 15.3 Å². The zero-order valence-corrected chi connectivity index (χ0v) is 16.3. The SMILES string of the molecule is Cn1ncc(C(=O)NC2CCN(Cc3ccc(Cl)c(Cl)c3)CC2)c1C(F)F. The summed E-state index contributed by atoms with van der Waals surface area (Å²) in [6, 6.07) is 5.52. The summed E-state index contributed by atoms with van der Waals surface area (Å²) in [6.07, 6.45) is -0.0587.